The molecule has 1 amide bonds. The van der Waals surface area contributed by atoms with Crippen molar-refractivity contribution in [1.29, 1.82) is 0 Å². The third kappa shape index (κ3) is 3.91. The van der Waals surface area contributed by atoms with E-state index in [0.717, 1.165) is 0 Å². The summed E-state index contributed by atoms with van der Waals surface area (Å²) in [5.41, 5.74) is 1.43. The third-order valence-corrected chi connectivity index (χ3v) is 4.16. The number of hydrogen-bond acceptors (Lipinski definition) is 4. The van der Waals surface area contributed by atoms with Gasteiger partial charge in [-0.05, 0) is 45.9 Å². The van der Waals surface area contributed by atoms with Crippen LogP contribution in [0.2, 0.25) is 10.0 Å². The predicted octanol–water partition coefficient (Wildman–Crippen LogP) is 4.70. The molecule has 1 heterocycles. The molecular weight excluding hydrogens is 353 g/mol. The second kappa shape index (κ2) is 7.28. The van der Waals surface area contributed by atoms with E-state index in [1.54, 1.807) is 32.9 Å². The van der Waals surface area contributed by atoms with Crippen molar-refractivity contribution in [3.05, 3.63) is 50.9 Å². The van der Waals surface area contributed by atoms with Gasteiger partial charge in [0.05, 0.1) is 10.7 Å². The van der Waals surface area contributed by atoms with Crippen molar-refractivity contribution >= 4 is 40.8 Å². The van der Waals surface area contributed by atoms with Crippen molar-refractivity contribution in [3.8, 4) is 0 Å². The Bertz CT molecular complexity index is 798. The van der Waals surface area contributed by atoms with Crippen molar-refractivity contribution in [2.75, 3.05) is 5.32 Å². The van der Waals surface area contributed by atoms with Gasteiger partial charge in [-0.2, -0.15) is 0 Å². The fourth-order valence-electron chi connectivity index (χ4n) is 2.19. The van der Waals surface area contributed by atoms with Crippen LogP contribution in [0.25, 0.3) is 0 Å². The van der Waals surface area contributed by atoms with Crippen LogP contribution in [0.3, 0.4) is 0 Å². The standard InChI is InChI=1S/C17H17Cl2NO4/c1-8-9(2)23-10(3)15(8)17(22)24-11(4)16(21)20-14-6-5-12(18)7-13(14)19/h5-7,11H,1-4H3,(H,20,21)/t11-/m0/s1. The summed E-state index contributed by atoms with van der Waals surface area (Å²) in [4.78, 5) is 24.5. The minimum atomic E-state index is -1.00. The summed E-state index contributed by atoms with van der Waals surface area (Å²) >= 11 is 11.8. The van der Waals surface area contributed by atoms with Gasteiger partial charge >= 0.3 is 5.97 Å². The van der Waals surface area contributed by atoms with Gasteiger partial charge in [0, 0.05) is 10.6 Å². The molecule has 128 valence electrons. The molecule has 2 aromatic rings. The van der Waals surface area contributed by atoms with Crippen LogP contribution in [-0.4, -0.2) is 18.0 Å². The van der Waals surface area contributed by atoms with E-state index < -0.39 is 18.0 Å². The lowest BCUT2D eigenvalue weighted by Crippen LogP contribution is -2.30. The number of amides is 1. The van der Waals surface area contributed by atoms with Crippen LogP contribution in [0.15, 0.2) is 22.6 Å². The number of aryl methyl sites for hydroxylation is 2. The van der Waals surface area contributed by atoms with Gasteiger partial charge in [0.1, 0.15) is 17.1 Å². The van der Waals surface area contributed by atoms with Crippen LogP contribution >= 0.6 is 23.2 Å². The Balaban J connectivity index is 2.07. The number of hydrogen-bond donors (Lipinski definition) is 1. The van der Waals surface area contributed by atoms with Crippen LogP contribution in [0.1, 0.15) is 34.4 Å². The van der Waals surface area contributed by atoms with Crippen LogP contribution in [0.5, 0.6) is 0 Å². The number of carbonyl (C=O) groups is 2. The van der Waals surface area contributed by atoms with E-state index in [9.17, 15) is 9.59 Å². The Morgan fingerprint density at radius 2 is 1.83 bits per heavy atom. The molecule has 0 spiro atoms. The predicted molar refractivity (Wildman–Crippen MR) is 92.9 cm³/mol. The van der Waals surface area contributed by atoms with E-state index in [2.05, 4.69) is 5.32 Å². The Hall–Kier alpha value is -1.98. The minimum absolute atomic E-state index is 0.298. The number of rotatable bonds is 4. The zero-order valence-electron chi connectivity index (χ0n) is 13.7. The molecule has 1 atom stereocenters. The van der Waals surface area contributed by atoms with E-state index in [1.165, 1.54) is 13.0 Å². The molecule has 0 unspecified atom stereocenters. The molecule has 0 aliphatic rings. The Kier molecular flexibility index (Phi) is 5.57. The van der Waals surface area contributed by atoms with Gasteiger partial charge in [-0.15, -0.1) is 0 Å². The second-order valence-corrected chi connectivity index (χ2v) is 6.22. The van der Waals surface area contributed by atoms with Crippen LogP contribution in [0.4, 0.5) is 5.69 Å². The fraction of sp³-hybridized carbons (Fsp3) is 0.294. The number of carbonyl (C=O) groups excluding carboxylic acids is 2. The first-order chi connectivity index (χ1) is 11.2. The highest BCUT2D eigenvalue weighted by atomic mass is 35.5. The summed E-state index contributed by atoms with van der Waals surface area (Å²) < 4.78 is 10.6. The monoisotopic (exact) mass is 369 g/mol. The van der Waals surface area contributed by atoms with Gasteiger partial charge in [0.2, 0.25) is 0 Å². The van der Waals surface area contributed by atoms with Crippen molar-refractivity contribution in [3.63, 3.8) is 0 Å². The molecule has 0 saturated heterocycles. The average molecular weight is 370 g/mol. The number of furan rings is 1. The summed E-state index contributed by atoms with van der Waals surface area (Å²) in [6.45, 7) is 6.68. The van der Waals surface area contributed by atoms with Gasteiger partial charge in [-0.1, -0.05) is 23.2 Å². The zero-order chi connectivity index (χ0) is 18.0. The van der Waals surface area contributed by atoms with Gasteiger partial charge in [0.15, 0.2) is 6.10 Å². The maximum atomic E-state index is 12.3. The van der Waals surface area contributed by atoms with Crippen LogP contribution in [0, 0.1) is 20.8 Å². The molecule has 24 heavy (non-hydrogen) atoms. The summed E-state index contributed by atoms with van der Waals surface area (Å²) in [5.74, 6) is 0.00246. The fourth-order valence-corrected chi connectivity index (χ4v) is 2.65. The van der Waals surface area contributed by atoms with Gasteiger partial charge < -0.3 is 14.5 Å². The lowest BCUT2D eigenvalue weighted by Gasteiger charge is -2.14. The normalized spacial score (nSPS) is 11.9. The van der Waals surface area contributed by atoms with Gasteiger partial charge in [-0.25, -0.2) is 4.79 Å². The molecule has 5 nitrogen and oxygen atoms in total. The number of anilines is 1. The number of esters is 1. The quantitative estimate of drug-likeness (QED) is 0.793. The SMILES string of the molecule is Cc1oc(C)c(C(=O)O[C@@H](C)C(=O)Nc2ccc(Cl)cc2Cl)c1C. The molecule has 0 fully saturated rings. The third-order valence-electron chi connectivity index (χ3n) is 3.61. The molecule has 0 radical (unpaired) electrons. The lowest BCUT2D eigenvalue weighted by atomic mass is 10.1. The lowest BCUT2D eigenvalue weighted by molar-refractivity contribution is -0.123. The van der Waals surface area contributed by atoms with Crippen LogP contribution < -0.4 is 5.32 Å². The Morgan fingerprint density at radius 1 is 1.17 bits per heavy atom. The summed E-state index contributed by atoms with van der Waals surface area (Å²) in [6.07, 6.45) is -1.00. The number of nitrogens with one attached hydrogen (secondary N) is 1. The van der Waals surface area contributed by atoms with Crippen molar-refractivity contribution in [2.24, 2.45) is 0 Å². The van der Waals surface area contributed by atoms with Crippen molar-refractivity contribution < 1.29 is 18.7 Å². The minimum Gasteiger partial charge on any atom is -0.465 e. The smallest absolute Gasteiger partial charge is 0.342 e. The Morgan fingerprint density at radius 3 is 2.38 bits per heavy atom. The molecule has 0 aliphatic heterocycles. The van der Waals surface area contributed by atoms with Gasteiger partial charge in [-0.3, -0.25) is 4.79 Å². The molecule has 2 rings (SSSR count). The summed E-state index contributed by atoms with van der Waals surface area (Å²) in [6, 6.07) is 4.68. The highest BCUT2D eigenvalue weighted by Gasteiger charge is 2.25. The second-order valence-electron chi connectivity index (χ2n) is 5.38. The number of halogens is 2. The molecule has 1 aromatic carbocycles. The Labute approximate surface area is 149 Å². The topological polar surface area (TPSA) is 68.5 Å². The van der Waals surface area contributed by atoms with Crippen molar-refractivity contribution in [2.45, 2.75) is 33.8 Å². The number of benzene rings is 1. The zero-order valence-corrected chi connectivity index (χ0v) is 15.2. The molecule has 0 bridgehead atoms. The van der Waals surface area contributed by atoms with E-state index in [4.69, 9.17) is 32.4 Å². The highest BCUT2D eigenvalue weighted by Crippen LogP contribution is 2.26. The first-order valence-electron chi connectivity index (χ1n) is 7.24. The van der Waals surface area contributed by atoms with E-state index >= 15 is 0 Å². The first-order valence-corrected chi connectivity index (χ1v) is 7.99. The maximum absolute atomic E-state index is 12.3. The number of ether oxygens (including phenoxy) is 1. The average Bonchev–Trinajstić information content (AvgIpc) is 2.74. The van der Waals surface area contributed by atoms with Crippen molar-refractivity contribution in [1.82, 2.24) is 0 Å². The molecule has 0 aliphatic carbocycles. The summed E-state index contributed by atoms with van der Waals surface area (Å²) in [7, 11) is 0. The summed E-state index contributed by atoms with van der Waals surface area (Å²) in [5, 5.41) is 3.35. The molecule has 0 saturated carbocycles. The molecule has 1 aromatic heterocycles. The van der Waals surface area contributed by atoms with E-state index in [-0.39, 0.29) is 0 Å². The molecule has 1 N–H and O–H groups in total. The molecular formula is C17H17Cl2NO4. The largest absolute Gasteiger partial charge is 0.465 e. The first kappa shape index (κ1) is 18.4. The van der Waals surface area contributed by atoms with E-state index in [1.807, 2.05) is 0 Å². The van der Waals surface area contributed by atoms with Crippen LogP contribution in [-0.2, 0) is 9.53 Å². The highest BCUT2D eigenvalue weighted by molar-refractivity contribution is 6.36. The molecule has 7 heteroatoms. The maximum Gasteiger partial charge on any atom is 0.342 e. The van der Waals surface area contributed by atoms with E-state index in [0.29, 0.717) is 38.4 Å². The van der Waals surface area contributed by atoms with Gasteiger partial charge in [0.25, 0.3) is 5.91 Å².